The fourth-order valence-corrected chi connectivity index (χ4v) is 2.78. The highest BCUT2D eigenvalue weighted by atomic mass is 32.1. The predicted octanol–water partition coefficient (Wildman–Crippen LogP) is 3.50. The summed E-state index contributed by atoms with van der Waals surface area (Å²) in [4.78, 5) is 10.4. The van der Waals surface area contributed by atoms with Crippen molar-refractivity contribution >= 4 is 11.3 Å². The van der Waals surface area contributed by atoms with E-state index in [9.17, 15) is 0 Å². The maximum Gasteiger partial charge on any atom is 0.133 e. The molecule has 4 heteroatoms. The molecule has 102 valence electrons. The van der Waals surface area contributed by atoms with Gasteiger partial charge in [-0.25, -0.2) is 9.97 Å². The second-order valence-corrected chi connectivity index (χ2v) is 5.79. The van der Waals surface area contributed by atoms with Gasteiger partial charge in [-0.15, -0.1) is 11.3 Å². The first-order chi connectivity index (χ1) is 9.20. The summed E-state index contributed by atoms with van der Waals surface area (Å²) in [6.07, 6.45) is 3.94. The molecule has 0 fully saturated rings. The Morgan fingerprint density at radius 1 is 1.42 bits per heavy atom. The third-order valence-electron chi connectivity index (χ3n) is 3.15. The Hall–Kier alpha value is -1.26. The highest BCUT2D eigenvalue weighted by Crippen LogP contribution is 2.17. The van der Waals surface area contributed by atoms with Crippen molar-refractivity contribution in [1.82, 2.24) is 15.3 Å². The Bertz CT molecular complexity index is 508. The van der Waals surface area contributed by atoms with Crippen molar-refractivity contribution in [1.29, 1.82) is 0 Å². The molecule has 0 saturated carbocycles. The second-order valence-electron chi connectivity index (χ2n) is 4.76. The highest BCUT2D eigenvalue weighted by molar-refractivity contribution is 7.09. The van der Waals surface area contributed by atoms with Crippen LogP contribution in [0.25, 0.3) is 0 Å². The van der Waals surface area contributed by atoms with Gasteiger partial charge in [0, 0.05) is 34.8 Å². The summed E-state index contributed by atoms with van der Waals surface area (Å²) < 4.78 is 0. The maximum atomic E-state index is 4.63. The molecule has 2 rings (SSSR count). The van der Waals surface area contributed by atoms with Crippen LogP contribution < -0.4 is 5.32 Å². The van der Waals surface area contributed by atoms with E-state index in [-0.39, 0.29) is 0 Å². The lowest BCUT2D eigenvalue weighted by molar-refractivity contribution is 0.563. The zero-order chi connectivity index (χ0) is 13.7. The monoisotopic (exact) mass is 275 g/mol. The SMILES string of the molecule is CCCNC(C)c1cnc(Cc2cccs2)nc1C. The molecule has 0 aliphatic rings. The molecule has 19 heavy (non-hydrogen) atoms. The summed E-state index contributed by atoms with van der Waals surface area (Å²) in [5, 5.41) is 5.57. The summed E-state index contributed by atoms with van der Waals surface area (Å²) in [7, 11) is 0. The van der Waals surface area contributed by atoms with Crippen LogP contribution in [-0.4, -0.2) is 16.5 Å². The molecule has 0 spiro atoms. The van der Waals surface area contributed by atoms with Gasteiger partial charge in [-0.1, -0.05) is 13.0 Å². The first-order valence-corrected chi connectivity index (χ1v) is 7.66. The standard InChI is InChI=1S/C15H21N3S/c1-4-7-16-11(2)14-10-17-15(18-12(14)3)9-13-6-5-8-19-13/h5-6,8,10-11,16H,4,7,9H2,1-3H3. The Kier molecular flexibility index (Phi) is 5.05. The van der Waals surface area contributed by atoms with Crippen molar-refractivity contribution in [2.45, 2.75) is 39.7 Å². The van der Waals surface area contributed by atoms with E-state index < -0.39 is 0 Å². The van der Waals surface area contributed by atoms with Crippen LogP contribution in [0.5, 0.6) is 0 Å². The van der Waals surface area contributed by atoms with E-state index in [0.717, 1.165) is 30.9 Å². The van der Waals surface area contributed by atoms with Crippen molar-refractivity contribution in [3.05, 3.63) is 45.7 Å². The van der Waals surface area contributed by atoms with E-state index >= 15 is 0 Å². The van der Waals surface area contributed by atoms with Crippen LogP contribution in [0.1, 0.15) is 48.3 Å². The number of nitrogens with zero attached hydrogens (tertiary/aromatic N) is 2. The molecular formula is C15H21N3S. The van der Waals surface area contributed by atoms with Crippen LogP contribution in [-0.2, 0) is 6.42 Å². The van der Waals surface area contributed by atoms with Gasteiger partial charge in [-0.2, -0.15) is 0 Å². The van der Waals surface area contributed by atoms with Crippen LogP contribution >= 0.6 is 11.3 Å². The lowest BCUT2D eigenvalue weighted by Gasteiger charge is -2.15. The second kappa shape index (κ2) is 6.78. The highest BCUT2D eigenvalue weighted by Gasteiger charge is 2.10. The summed E-state index contributed by atoms with van der Waals surface area (Å²) in [5.41, 5.74) is 2.28. The van der Waals surface area contributed by atoms with Crippen molar-refractivity contribution in [2.75, 3.05) is 6.54 Å². The molecule has 3 nitrogen and oxygen atoms in total. The number of thiophene rings is 1. The van der Waals surface area contributed by atoms with Gasteiger partial charge in [0.25, 0.3) is 0 Å². The molecule has 1 unspecified atom stereocenters. The molecule has 0 aliphatic carbocycles. The Morgan fingerprint density at radius 3 is 2.89 bits per heavy atom. The molecule has 1 atom stereocenters. The summed E-state index contributed by atoms with van der Waals surface area (Å²) in [6.45, 7) is 7.43. The van der Waals surface area contributed by atoms with Crippen LogP contribution in [0.15, 0.2) is 23.7 Å². The molecular weight excluding hydrogens is 254 g/mol. The number of hydrogen-bond donors (Lipinski definition) is 1. The van der Waals surface area contributed by atoms with Gasteiger partial charge in [-0.05, 0) is 38.3 Å². The minimum absolute atomic E-state index is 0.315. The molecule has 0 aliphatic heterocycles. The van der Waals surface area contributed by atoms with Gasteiger partial charge in [0.2, 0.25) is 0 Å². The van der Waals surface area contributed by atoms with Gasteiger partial charge >= 0.3 is 0 Å². The molecule has 0 radical (unpaired) electrons. The summed E-state index contributed by atoms with van der Waals surface area (Å²) >= 11 is 1.75. The van der Waals surface area contributed by atoms with Gasteiger partial charge in [0.15, 0.2) is 0 Å². The number of rotatable bonds is 6. The topological polar surface area (TPSA) is 37.8 Å². The van der Waals surface area contributed by atoms with Crippen molar-refractivity contribution < 1.29 is 0 Å². The minimum atomic E-state index is 0.315. The Balaban J connectivity index is 2.08. The third kappa shape index (κ3) is 3.85. The molecule has 0 saturated heterocycles. The largest absolute Gasteiger partial charge is 0.310 e. The van der Waals surface area contributed by atoms with Gasteiger partial charge < -0.3 is 5.32 Å². The molecule has 2 aromatic rings. The lowest BCUT2D eigenvalue weighted by atomic mass is 10.1. The number of aromatic nitrogens is 2. The average Bonchev–Trinajstić information content (AvgIpc) is 2.89. The fourth-order valence-electron chi connectivity index (χ4n) is 2.07. The van der Waals surface area contributed by atoms with E-state index in [1.165, 1.54) is 10.4 Å². The molecule has 0 amide bonds. The normalized spacial score (nSPS) is 12.6. The van der Waals surface area contributed by atoms with E-state index in [1.54, 1.807) is 11.3 Å². The molecule has 2 heterocycles. The zero-order valence-electron chi connectivity index (χ0n) is 11.8. The first kappa shape index (κ1) is 14.2. The van der Waals surface area contributed by atoms with Crippen molar-refractivity contribution in [2.24, 2.45) is 0 Å². The van der Waals surface area contributed by atoms with Crippen LogP contribution in [0.2, 0.25) is 0 Å². The lowest BCUT2D eigenvalue weighted by Crippen LogP contribution is -2.21. The summed E-state index contributed by atoms with van der Waals surface area (Å²) in [6, 6.07) is 4.51. The smallest absolute Gasteiger partial charge is 0.133 e. The summed E-state index contributed by atoms with van der Waals surface area (Å²) in [5.74, 6) is 0.909. The molecule has 1 N–H and O–H groups in total. The predicted molar refractivity (Wildman–Crippen MR) is 80.6 cm³/mol. The zero-order valence-corrected chi connectivity index (χ0v) is 12.6. The van der Waals surface area contributed by atoms with E-state index in [2.05, 4.69) is 53.6 Å². The molecule has 0 aromatic carbocycles. The fraction of sp³-hybridized carbons (Fsp3) is 0.467. The van der Waals surface area contributed by atoms with Gasteiger partial charge in [0.1, 0.15) is 5.82 Å². The van der Waals surface area contributed by atoms with Crippen LogP contribution in [0.3, 0.4) is 0 Å². The Morgan fingerprint density at radius 2 is 2.26 bits per heavy atom. The number of nitrogens with one attached hydrogen (secondary N) is 1. The van der Waals surface area contributed by atoms with E-state index in [1.807, 2.05) is 6.20 Å². The van der Waals surface area contributed by atoms with E-state index in [0.29, 0.717) is 6.04 Å². The third-order valence-corrected chi connectivity index (χ3v) is 4.02. The maximum absolute atomic E-state index is 4.63. The number of hydrogen-bond acceptors (Lipinski definition) is 4. The van der Waals surface area contributed by atoms with Gasteiger partial charge in [-0.3, -0.25) is 0 Å². The van der Waals surface area contributed by atoms with E-state index in [4.69, 9.17) is 0 Å². The first-order valence-electron chi connectivity index (χ1n) is 6.79. The van der Waals surface area contributed by atoms with Crippen molar-refractivity contribution in [3.63, 3.8) is 0 Å². The minimum Gasteiger partial charge on any atom is -0.310 e. The average molecular weight is 275 g/mol. The van der Waals surface area contributed by atoms with Crippen LogP contribution in [0.4, 0.5) is 0 Å². The number of aryl methyl sites for hydroxylation is 1. The molecule has 2 aromatic heterocycles. The molecule has 0 bridgehead atoms. The van der Waals surface area contributed by atoms with Crippen LogP contribution in [0, 0.1) is 6.92 Å². The quantitative estimate of drug-likeness (QED) is 0.877. The van der Waals surface area contributed by atoms with Crippen molar-refractivity contribution in [3.8, 4) is 0 Å². The Labute approximate surface area is 119 Å². The van der Waals surface area contributed by atoms with Gasteiger partial charge in [0.05, 0.1) is 0 Å².